The summed E-state index contributed by atoms with van der Waals surface area (Å²) in [4.78, 5) is 0.274. The van der Waals surface area contributed by atoms with E-state index in [1.165, 1.54) is 6.08 Å². The molecule has 0 saturated carbocycles. The summed E-state index contributed by atoms with van der Waals surface area (Å²) in [6.45, 7) is 6.12. The summed E-state index contributed by atoms with van der Waals surface area (Å²) in [6, 6.07) is 3.35. The van der Waals surface area contributed by atoms with Crippen LogP contribution in [0.4, 0.5) is 0 Å². The number of hydrogen-bond acceptors (Lipinski definition) is 4. The summed E-state index contributed by atoms with van der Waals surface area (Å²) in [5.41, 5.74) is 7.44. The molecule has 0 amide bonds. The molecule has 1 aromatic rings. The van der Waals surface area contributed by atoms with E-state index in [0.29, 0.717) is 19.4 Å². The predicted molar refractivity (Wildman–Crippen MR) is 78.4 cm³/mol. The molecule has 110 valence electrons. The first-order chi connectivity index (χ1) is 9.51. The van der Waals surface area contributed by atoms with Gasteiger partial charge in [0.2, 0.25) is 10.0 Å². The normalized spacial score (nSPS) is 17.6. The van der Waals surface area contributed by atoms with E-state index in [0.717, 1.165) is 16.9 Å². The van der Waals surface area contributed by atoms with Gasteiger partial charge >= 0.3 is 0 Å². The molecule has 20 heavy (non-hydrogen) atoms. The SMILES string of the molecule is C=CCNS(=O)(=O)c1cc(CC)c2c(c1)CC(CN)O2. The molecule has 1 unspecified atom stereocenters. The number of sulfonamides is 1. The lowest BCUT2D eigenvalue weighted by molar-refractivity contribution is 0.239. The van der Waals surface area contributed by atoms with Gasteiger partial charge in [0, 0.05) is 19.5 Å². The summed E-state index contributed by atoms with van der Waals surface area (Å²) in [5, 5.41) is 0. The number of aryl methyl sites for hydroxylation is 1. The Labute approximate surface area is 119 Å². The monoisotopic (exact) mass is 296 g/mol. The highest BCUT2D eigenvalue weighted by Gasteiger charge is 2.27. The lowest BCUT2D eigenvalue weighted by Gasteiger charge is -2.11. The molecule has 0 fully saturated rings. The molecule has 0 aromatic heterocycles. The lowest BCUT2D eigenvalue weighted by Crippen LogP contribution is -2.24. The molecule has 0 saturated heterocycles. The second-order valence-electron chi connectivity index (χ2n) is 4.74. The van der Waals surface area contributed by atoms with Gasteiger partial charge in [-0.25, -0.2) is 13.1 Å². The van der Waals surface area contributed by atoms with E-state index in [1.807, 2.05) is 6.92 Å². The van der Waals surface area contributed by atoms with Gasteiger partial charge in [-0.1, -0.05) is 13.0 Å². The lowest BCUT2D eigenvalue weighted by atomic mass is 10.0. The van der Waals surface area contributed by atoms with Gasteiger partial charge in [-0.3, -0.25) is 0 Å². The maximum absolute atomic E-state index is 12.2. The molecule has 2 rings (SSSR count). The van der Waals surface area contributed by atoms with E-state index in [4.69, 9.17) is 10.5 Å². The zero-order valence-corrected chi connectivity index (χ0v) is 12.4. The average Bonchev–Trinajstić information content (AvgIpc) is 2.87. The van der Waals surface area contributed by atoms with Crippen molar-refractivity contribution in [1.29, 1.82) is 0 Å². The largest absolute Gasteiger partial charge is 0.488 e. The van der Waals surface area contributed by atoms with Gasteiger partial charge in [-0.05, 0) is 29.7 Å². The van der Waals surface area contributed by atoms with E-state index >= 15 is 0 Å². The van der Waals surface area contributed by atoms with E-state index in [1.54, 1.807) is 12.1 Å². The van der Waals surface area contributed by atoms with Crippen molar-refractivity contribution in [2.45, 2.75) is 30.8 Å². The summed E-state index contributed by atoms with van der Waals surface area (Å²) in [6.07, 6.45) is 2.82. The molecule has 5 nitrogen and oxygen atoms in total. The smallest absolute Gasteiger partial charge is 0.240 e. The number of fused-ring (bicyclic) bond motifs is 1. The predicted octanol–water partition coefficient (Wildman–Crippen LogP) is 0.976. The van der Waals surface area contributed by atoms with Crippen LogP contribution in [0.5, 0.6) is 5.75 Å². The first-order valence-electron chi connectivity index (χ1n) is 6.65. The molecular formula is C14H20N2O3S. The molecule has 3 N–H and O–H groups in total. The van der Waals surface area contributed by atoms with Crippen molar-refractivity contribution in [1.82, 2.24) is 4.72 Å². The maximum Gasteiger partial charge on any atom is 0.240 e. The number of nitrogens with two attached hydrogens (primary N) is 1. The minimum absolute atomic E-state index is 0.0608. The topological polar surface area (TPSA) is 81.4 Å². The highest BCUT2D eigenvalue weighted by molar-refractivity contribution is 7.89. The standard InChI is InChI=1S/C14H20N2O3S/c1-3-5-16-20(17,18)13-7-10(4-2)14-11(8-13)6-12(9-15)19-14/h3,7-8,12,16H,1,4-6,9,15H2,2H3. The Hall–Kier alpha value is -1.37. The van der Waals surface area contributed by atoms with Crippen molar-refractivity contribution < 1.29 is 13.2 Å². The minimum Gasteiger partial charge on any atom is -0.488 e. The fourth-order valence-corrected chi connectivity index (χ4v) is 3.38. The van der Waals surface area contributed by atoms with Crippen LogP contribution in [0.1, 0.15) is 18.1 Å². The number of ether oxygens (including phenoxy) is 1. The van der Waals surface area contributed by atoms with E-state index < -0.39 is 10.0 Å². The fourth-order valence-electron chi connectivity index (χ4n) is 2.28. The Morgan fingerprint density at radius 3 is 2.90 bits per heavy atom. The zero-order chi connectivity index (χ0) is 14.8. The van der Waals surface area contributed by atoms with Crippen LogP contribution < -0.4 is 15.2 Å². The van der Waals surface area contributed by atoms with Crippen LogP contribution in [0.2, 0.25) is 0 Å². The van der Waals surface area contributed by atoms with Gasteiger partial charge < -0.3 is 10.5 Å². The Bertz CT molecular complexity index is 611. The number of hydrogen-bond donors (Lipinski definition) is 2. The number of nitrogens with one attached hydrogen (secondary N) is 1. The second kappa shape index (κ2) is 5.95. The molecule has 0 aliphatic carbocycles. The second-order valence-corrected chi connectivity index (χ2v) is 6.51. The Kier molecular flexibility index (Phi) is 4.47. The molecular weight excluding hydrogens is 276 g/mol. The Balaban J connectivity index is 2.41. The van der Waals surface area contributed by atoms with Crippen molar-refractivity contribution in [2.75, 3.05) is 13.1 Å². The molecule has 1 aliphatic rings. The summed E-state index contributed by atoms with van der Waals surface area (Å²) >= 11 is 0. The quantitative estimate of drug-likeness (QED) is 0.767. The minimum atomic E-state index is -3.51. The van der Waals surface area contributed by atoms with Gasteiger partial charge in [0.25, 0.3) is 0 Å². The van der Waals surface area contributed by atoms with Crippen LogP contribution in [0.15, 0.2) is 29.7 Å². The average molecular weight is 296 g/mol. The van der Waals surface area contributed by atoms with Gasteiger partial charge in [0.15, 0.2) is 0 Å². The molecule has 1 aromatic carbocycles. The van der Waals surface area contributed by atoms with E-state index in [-0.39, 0.29) is 17.5 Å². The first-order valence-corrected chi connectivity index (χ1v) is 8.13. The highest BCUT2D eigenvalue weighted by Crippen LogP contribution is 2.35. The molecule has 1 aliphatic heterocycles. The third-order valence-corrected chi connectivity index (χ3v) is 4.72. The van der Waals surface area contributed by atoms with Gasteiger partial charge in [-0.15, -0.1) is 6.58 Å². The van der Waals surface area contributed by atoms with Crippen molar-refractivity contribution >= 4 is 10.0 Å². The van der Waals surface area contributed by atoms with Crippen LogP contribution in [-0.2, 0) is 22.9 Å². The third kappa shape index (κ3) is 2.87. The van der Waals surface area contributed by atoms with Crippen LogP contribution in [0, 0.1) is 0 Å². The van der Waals surface area contributed by atoms with Gasteiger partial charge in [0.05, 0.1) is 4.90 Å². The fraction of sp³-hybridized carbons (Fsp3) is 0.429. The summed E-state index contributed by atoms with van der Waals surface area (Å²) in [7, 11) is -3.51. The third-order valence-electron chi connectivity index (χ3n) is 3.32. The Morgan fingerprint density at radius 1 is 1.55 bits per heavy atom. The molecule has 0 bridgehead atoms. The zero-order valence-electron chi connectivity index (χ0n) is 11.6. The molecule has 0 spiro atoms. The van der Waals surface area contributed by atoms with E-state index in [9.17, 15) is 8.42 Å². The van der Waals surface area contributed by atoms with Crippen LogP contribution in [-0.4, -0.2) is 27.6 Å². The van der Waals surface area contributed by atoms with Crippen LogP contribution >= 0.6 is 0 Å². The summed E-state index contributed by atoms with van der Waals surface area (Å²) in [5.74, 6) is 0.797. The highest BCUT2D eigenvalue weighted by atomic mass is 32.2. The molecule has 1 atom stereocenters. The van der Waals surface area contributed by atoms with Crippen molar-refractivity contribution in [3.05, 3.63) is 35.9 Å². The van der Waals surface area contributed by atoms with Crippen LogP contribution in [0.25, 0.3) is 0 Å². The molecule has 6 heteroatoms. The number of benzene rings is 1. The summed E-state index contributed by atoms with van der Waals surface area (Å²) < 4.78 is 32.6. The van der Waals surface area contributed by atoms with E-state index in [2.05, 4.69) is 11.3 Å². The maximum atomic E-state index is 12.2. The van der Waals surface area contributed by atoms with Gasteiger partial charge in [-0.2, -0.15) is 0 Å². The van der Waals surface area contributed by atoms with Crippen molar-refractivity contribution in [3.8, 4) is 5.75 Å². The van der Waals surface area contributed by atoms with Gasteiger partial charge in [0.1, 0.15) is 11.9 Å². The van der Waals surface area contributed by atoms with Crippen molar-refractivity contribution in [3.63, 3.8) is 0 Å². The molecule has 1 heterocycles. The Morgan fingerprint density at radius 2 is 2.30 bits per heavy atom. The van der Waals surface area contributed by atoms with Crippen LogP contribution in [0.3, 0.4) is 0 Å². The molecule has 0 radical (unpaired) electrons. The first kappa shape index (κ1) is 15.0. The van der Waals surface area contributed by atoms with Crippen molar-refractivity contribution in [2.24, 2.45) is 5.73 Å². The number of rotatable bonds is 6.